The van der Waals surface area contributed by atoms with Crippen LogP contribution in [-0.2, 0) is 11.3 Å². The molecule has 3 rings (SSSR count). The lowest BCUT2D eigenvalue weighted by Gasteiger charge is -2.07. The van der Waals surface area contributed by atoms with Crippen LogP contribution in [0.2, 0.25) is 0 Å². The molecule has 0 unspecified atom stereocenters. The summed E-state index contributed by atoms with van der Waals surface area (Å²) in [5.41, 5.74) is 2.44. The average molecular weight is 242 g/mol. The second-order valence-electron chi connectivity index (χ2n) is 4.07. The second-order valence-corrected chi connectivity index (χ2v) is 4.07. The van der Waals surface area contributed by atoms with Crippen molar-refractivity contribution in [2.24, 2.45) is 0 Å². The van der Waals surface area contributed by atoms with Gasteiger partial charge in [0.15, 0.2) is 0 Å². The Kier molecular flexibility index (Phi) is 2.73. The number of rotatable bonds is 2. The summed E-state index contributed by atoms with van der Waals surface area (Å²) in [5, 5.41) is 9.62. The smallest absolute Gasteiger partial charge is 0.437 e. The molecule has 1 aliphatic rings. The van der Waals surface area contributed by atoms with Crippen molar-refractivity contribution >= 4 is 12.6 Å². The lowest BCUT2D eigenvalue weighted by Crippen LogP contribution is -2.27. The summed E-state index contributed by atoms with van der Waals surface area (Å²) < 4.78 is 10.8. The van der Waals surface area contributed by atoms with Gasteiger partial charge >= 0.3 is 7.12 Å². The van der Waals surface area contributed by atoms with Gasteiger partial charge in [0.05, 0.1) is 12.3 Å². The Hall–Kier alpha value is -1.92. The van der Waals surface area contributed by atoms with Gasteiger partial charge in [0, 0.05) is 12.4 Å². The molecule has 0 radical (unpaired) electrons. The van der Waals surface area contributed by atoms with Gasteiger partial charge in [-0.3, -0.25) is 4.98 Å². The maximum atomic E-state index is 9.62. The van der Waals surface area contributed by atoms with Crippen LogP contribution in [0, 0.1) is 6.92 Å². The van der Waals surface area contributed by atoms with Crippen molar-refractivity contribution < 1.29 is 14.4 Å². The van der Waals surface area contributed by atoms with Crippen LogP contribution in [0.15, 0.2) is 30.6 Å². The Morgan fingerprint density at radius 1 is 1.33 bits per heavy atom. The summed E-state index contributed by atoms with van der Waals surface area (Å²) in [7, 11) is -0.869. The Bertz CT molecular complexity index is 591. The van der Waals surface area contributed by atoms with E-state index >= 15 is 0 Å². The van der Waals surface area contributed by atoms with Gasteiger partial charge in [0.1, 0.15) is 5.75 Å². The highest BCUT2D eigenvalue weighted by Gasteiger charge is 2.27. The summed E-state index contributed by atoms with van der Waals surface area (Å²) >= 11 is 0. The molecule has 90 valence electrons. The molecule has 0 saturated heterocycles. The maximum absolute atomic E-state index is 9.62. The van der Waals surface area contributed by atoms with E-state index < -0.39 is 7.12 Å². The van der Waals surface area contributed by atoms with Crippen LogP contribution in [-0.4, -0.2) is 22.1 Å². The molecule has 0 bridgehead atoms. The number of aryl methyl sites for hydroxylation is 1. The fourth-order valence-electron chi connectivity index (χ4n) is 1.86. The SMILES string of the molecule is Cc1nccnc1Oc1ccc2c(c1)B(O)OC2. The van der Waals surface area contributed by atoms with Crippen molar-refractivity contribution in [2.75, 3.05) is 0 Å². The normalized spacial score (nSPS) is 13.6. The number of nitrogens with zero attached hydrogens (tertiary/aromatic N) is 2. The molecule has 18 heavy (non-hydrogen) atoms. The van der Waals surface area contributed by atoms with Gasteiger partial charge in [-0.2, -0.15) is 0 Å². The zero-order chi connectivity index (χ0) is 12.5. The second kappa shape index (κ2) is 4.40. The number of hydrogen-bond acceptors (Lipinski definition) is 5. The van der Waals surface area contributed by atoms with Crippen LogP contribution in [0.1, 0.15) is 11.3 Å². The molecular weight excluding hydrogens is 231 g/mol. The van der Waals surface area contributed by atoms with E-state index in [4.69, 9.17) is 9.39 Å². The molecule has 2 aromatic rings. The summed E-state index contributed by atoms with van der Waals surface area (Å²) in [4.78, 5) is 8.21. The molecule has 0 spiro atoms. The zero-order valence-electron chi connectivity index (χ0n) is 9.83. The molecule has 0 fully saturated rings. The molecule has 1 aliphatic heterocycles. The van der Waals surface area contributed by atoms with Gasteiger partial charge < -0.3 is 14.4 Å². The maximum Gasteiger partial charge on any atom is 0.491 e. The summed E-state index contributed by atoms with van der Waals surface area (Å²) in [6, 6.07) is 5.47. The standard InChI is InChI=1S/C12H11BN2O3/c1-8-12(15-5-4-14-8)18-10-3-2-9-7-17-13(16)11(9)6-10/h2-6,16H,7H2,1H3. The minimum Gasteiger partial charge on any atom is -0.437 e. The number of hydrogen-bond donors (Lipinski definition) is 1. The quantitative estimate of drug-likeness (QED) is 0.789. The van der Waals surface area contributed by atoms with E-state index in [1.165, 1.54) is 0 Å². The molecule has 0 saturated carbocycles. The average Bonchev–Trinajstić information content (AvgIpc) is 2.74. The van der Waals surface area contributed by atoms with Crippen LogP contribution in [0.3, 0.4) is 0 Å². The number of fused-ring (bicyclic) bond motifs is 1. The van der Waals surface area contributed by atoms with Crippen LogP contribution in [0.4, 0.5) is 0 Å². The summed E-state index contributed by atoms with van der Waals surface area (Å²) in [5.74, 6) is 1.08. The minimum absolute atomic E-state index is 0.431. The Balaban J connectivity index is 1.90. The molecule has 1 N–H and O–H groups in total. The number of aromatic nitrogens is 2. The van der Waals surface area contributed by atoms with E-state index in [1.807, 2.05) is 19.1 Å². The Labute approximate surface area is 105 Å². The number of benzene rings is 1. The monoisotopic (exact) mass is 242 g/mol. The minimum atomic E-state index is -0.869. The molecule has 0 atom stereocenters. The first kappa shape index (κ1) is 11.2. The molecule has 2 heterocycles. The van der Waals surface area contributed by atoms with Crippen molar-refractivity contribution in [2.45, 2.75) is 13.5 Å². The Morgan fingerprint density at radius 3 is 3.00 bits per heavy atom. The lowest BCUT2D eigenvalue weighted by atomic mass is 9.79. The van der Waals surface area contributed by atoms with Crippen LogP contribution < -0.4 is 10.2 Å². The Morgan fingerprint density at radius 2 is 2.17 bits per heavy atom. The van der Waals surface area contributed by atoms with E-state index in [0.717, 1.165) is 16.7 Å². The third-order valence-electron chi connectivity index (χ3n) is 2.83. The largest absolute Gasteiger partial charge is 0.491 e. The third-order valence-corrected chi connectivity index (χ3v) is 2.83. The van der Waals surface area contributed by atoms with Gasteiger partial charge in [-0.15, -0.1) is 0 Å². The molecule has 5 nitrogen and oxygen atoms in total. The zero-order valence-corrected chi connectivity index (χ0v) is 9.83. The van der Waals surface area contributed by atoms with Crippen molar-refractivity contribution in [1.82, 2.24) is 9.97 Å². The molecule has 0 amide bonds. The summed E-state index contributed by atoms with van der Waals surface area (Å²) in [6.07, 6.45) is 3.19. The van der Waals surface area contributed by atoms with Gasteiger partial charge in [-0.25, -0.2) is 4.98 Å². The first-order valence-corrected chi connectivity index (χ1v) is 5.62. The highest BCUT2D eigenvalue weighted by molar-refractivity contribution is 6.61. The van der Waals surface area contributed by atoms with E-state index in [9.17, 15) is 5.02 Å². The van der Waals surface area contributed by atoms with Crippen LogP contribution in [0.25, 0.3) is 0 Å². The topological polar surface area (TPSA) is 64.5 Å². The van der Waals surface area contributed by atoms with E-state index in [1.54, 1.807) is 18.5 Å². The predicted octanol–water partition coefficient (Wildman–Crippen LogP) is 0.795. The van der Waals surface area contributed by atoms with Crippen LogP contribution in [0.5, 0.6) is 11.6 Å². The first-order chi connectivity index (χ1) is 8.74. The van der Waals surface area contributed by atoms with Gasteiger partial charge in [-0.1, -0.05) is 6.07 Å². The molecule has 1 aromatic heterocycles. The van der Waals surface area contributed by atoms with E-state index in [2.05, 4.69) is 9.97 Å². The third kappa shape index (κ3) is 1.96. The molecule has 6 heteroatoms. The van der Waals surface area contributed by atoms with Crippen molar-refractivity contribution in [3.05, 3.63) is 41.9 Å². The highest BCUT2D eigenvalue weighted by Crippen LogP contribution is 2.22. The van der Waals surface area contributed by atoms with Gasteiger partial charge in [0.25, 0.3) is 0 Å². The predicted molar refractivity (Wildman–Crippen MR) is 65.7 cm³/mol. The van der Waals surface area contributed by atoms with Gasteiger partial charge in [-0.05, 0) is 30.1 Å². The molecular formula is C12H11BN2O3. The van der Waals surface area contributed by atoms with Gasteiger partial charge in [0.2, 0.25) is 5.88 Å². The first-order valence-electron chi connectivity index (χ1n) is 5.62. The molecule has 1 aromatic carbocycles. The van der Waals surface area contributed by atoms with Crippen molar-refractivity contribution in [3.8, 4) is 11.6 Å². The lowest BCUT2D eigenvalue weighted by molar-refractivity contribution is 0.275. The molecule has 0 aliphatic carbocycles. The summed E-state index contributed by atoms with van der Waals surface area (Å²) in [6.45, 7) is 2.26. The highest BCUT2D eigenvalue weighted by atomic mass is 16.5. The van der Waals surface area contributed by atoms with Crippen molar-refractivity contribution in [3.63, 3.8) is 0 Å². The van der Waals surface area contributed by atoms with E-state index in [0.29, 0.717) is 18.2 Å². The fourth-order valence-corrected chi connectivity index (χ4v) is 1.86. The van der Waals surface area contributed by atoms with Crippen molar-refractivity contribution in [1.29, 1.82) is 0 Å². The van der Waals surface area contributed by atoms with Crippen LogP contribution >= 0.6 is 0 Å². The fraction of sp³-hybridized carbons (Fsp3) is 0.167. The van der Waals surface area contributed by atoms with E-state index in [-0.39, 0.29) is 0 Å². The number of ether oxygens (including phenoxy) is 1.